The summed E-state index contributed by atoms with van der Waals surface area (Å²) in [6.45, 7) is 20.9. The molecule has 4 nitrogen and oxygen atoms in total. The van der Waals surface area contributed by atoms with E-state index in [0.717, 1.165) is 34.0 Å². The number of rotatable bonds is 5. The third kappa shape index (κ3) is 8.67. The number of fused-ring (bicyclic) bond motifs is 17. The predicted octanol–water partition coefficient (Wildman–Crippen LogP) is 22.7. The summed E-state index contributed by atoms with van der Waals surface area (Å²) in [5.41, 5.74) is 25.9. The predicted molar refractivity (Wildman–Crippen MR) is 409 cm³/mol. The lowest BCUT2D eigenvalue weighted by molar-refractivity contribution is 0.590. The molecule has 0 aliphatic carbocycles. The average molecular weight is 1220 g/mol. The Bertz CT molecular complexity index is 5860. The molecule has 3 aromatic heterocycles. The van der Waals surface area contributed by atoms with Gasteiger partial charge in [0.15, 0.2) is 0 Å². The van der Waals surface area contributed by atoms with Gasteiger partial charge in [0.2, 0.25) is 0 Å². The number of para-hydroxylation sites is 4. The largest absolute Gasteiger partial charge is 0.311 e. The highest BCUT2D eigenvalue weighted by Crippen LogP contribution is 2.52. The lowest BCUT2D eigenvalue weighted by Crippen LogP contribution is -2.61. The monoisotopic (exact) mass is 1220 g/mol. The Labute approximate surface area is 556 Å². The Balaban J connectivity index is 1.05. The quantitative estimate of drug-likeness (QED) is 0.160. The van der Waals surface area contributed by atoms with E-state index in [1.54, 1.807) is 0 Å². The molecule has 0 radical (unpaired) electrons. The maximum Gasteiger partial charge on any atom is 0.252 e. The second kappa shape index (κ2) is 20.8. The fourth-order valence-corrected chi connectivity index (χ4v) is 16.2. The second-order valence-electron chi connectivity index (χ2n) is 29.7. The Morgan fingerprint density at radius 2 is 0.695 bits per heavy atom. The molecule has 0 amide bonds. The molecule has 0 saturated carbocycles. The molecule has 2 aliphatic heterocycles. The van der Waals surface area contributed by atoms with E-state index in [2.05, 4.69) is 360 Å². The van der Waals surface area contributed by atoms with Crippen LogP contribution in [0.3, 0.4) is 0 Å². The van der Waals surface area contributed by atoms with E-state index < -0.39 is 0 Å². The first-order valence-electron chi connectivity index (χ1n) is 33.8. The summed E-state index contributed by atoms with van der Waals surface area (Å²) < 4.78 is 5.20. The van der Waals surface area contributed by atoms with E-state index in [9.17, 15) is 0 Å². The Morgan fingerprint density at radius 1 is 0.263 bits per heavy atom. The van der Waals surface area contributed by atoms with Gasteiger partial charge in [-0.2, -0.15) is 0 Å². The molecule has 0 spiro atoms. The van der Waals surface area contributed by atoms with Crippen molar-refractivity contribution in [3.8, 4) is 27.9 Å². The van der Waals surface area contributed by atoms with E-state index in [1.165, 1.54) is 143 Å². The van der Waals surface area contributed by atoms with E-state index in [0.29, 0.717) is 0 Å². The smallest absolute Gasteiger partial charge is 0.252 e. The molecule has 5 heterocycles. The van der Waals surface area contributed by atoms with Crippen LogP contribution in [0.5, 0.6) is 0 Å². The van der Waals surface area contributed by atoms with Crippen LogP contribution in [-0.2, 0) is 16.2 Å². The molecule has 95 heavy (non-hydrogen) atoms. The molecule has 456 valence electrons. The van der Waals surface area contributed by atoms with Crippen LogP contribution < -0.4 is 26.2 Å². The van der Waals surface area contributed by atoms with Crippen molar-refractivity contribution in [1.29, 1.82) is 0 Å². The molecule has 16 aromatic rings. The number of nitrogens with zero attached hydrogens (tertiary/aromatic N) is 4. The molecular weight excluding hydrogens is 1150 g/mol. The van der Waals surface area contributed by atoms with Crippen molar-refractivity contribution >= 4 is 139 Å². The number of anilines is 6. The highest BCUT2D eigenvalue weighted by molar-refractivity contribution is 7.00. The third-order valence-electron chi connectivity index (χ3n) is 20.9. The Kier molecular flexibility index (Phi) is 12.5. The lowest BCUT2D eigenvalue weighted by Gasteiger charge is -2.46. The first-order chi connectivity index (χ1) is 46.1. The van der Waals surface area contributed by atoms with Crippen LogP contribution in [0.4, 0.5) is 34.1 Å². The van der Waals surface area contributed by atoms with Gasteiger partial charge in [-0.25, -0.2) is 0 Å². The first-order valence-corrected chi connectivity index (χ1v) is 33.8. The van der Waals surface area contributed by atoms with Crippen molar-refractivity contribution in [1.82, 2.24) is 8.97 Å². The minimum absolute atomic E-state index is 0.0694. The first kappa shape index (κ1) is 56.8. The summed E-state index contributed by atoms with van der Waals surface area (Å²) in [5, 5.41) is 12.2. The van der Waals surface area contributed by atoms with Gasteiger partial charge in [0.05, 0.1) is 39.0 Å². The molecule has 0 saturated heterocycles. The van der Waals surface area contributed by atoms with Gasteiger partial charge >= 0.3 is 0 Å². The summed E-state index contributed by atoms with van der Waals surface area (Å²) in [4.78, 5) is 5.33. The fourth-order valence-electron chi connectivity index (χ4n) is 16.2. The standard InChI is InChI=1S/C90H73BN4/c1-88(2,3)58-43-46-69-70-47-44-59(89(4,5)6)50-80(70)92(79(69)49-58)61-45-48-74-82(53-61)93(76-40-23-20-31-62(76)56-27-12-10-13-28-56)84-51-60(90(7,8)9)52-85-86(84)91(74)75-54-73-67-36-19-17-34-65(67)64-33-16-18-35-66(64)71-38-26-39-72-68-37-22-25-42-78(68)95(87(71)72)81(73)55-83(75)94(85)77-41-24-21-32-63(77)57-29-14-11-15-30-57/h10-55H,1-9H3. The Morgan fingerprint density at radius 3 is 1.23 bits per heavy atom. The van der Waals surface area contributed by atoms with Crippen LogP contribution in [0.2, 0.25) is 0 Å². The molecule has 13 aromatic carbocycles. The van der Waals surface area contributed by atoms with Gasteiger partial charge in [-0.1, -0.05) is 281 Å². The normalized spacial score (nSPS) is 13.3. The molecule has 0 fully saturated rings. The van der Waals surface area contributed by atoms with E-state index in [4.69, 9.17) is 0 Å². The molecule has 0 N–H and O–H groups in total. The van der Waals surface area contributed by atoms with Crippen molar-refractivity contribution < 1.29 is 0 Å². The number of hydrogen-bond donors (Lipinski definition) is 0. The SMILES string of the molecule is CC(C)(C)c1cc2c3c(c1)N(c1ccccc1-c1ccccc1)c1cc4c(cc1B3c1ccc(-n3c5cc(C(C)(C)C)ccc5c5ccc(C(C)(C)C)cc53)cc1N2c1ccccc1-c1ccccc1)c1ccccc1c1ccccc1c1cccc2c3ccccc3n4c12. The summed E-state index contributed by atoms with van der Waals surface area (Å²) >= 11 is 0. The third-order valence-corrected chi connectivity index (χ3v) is 20.9. The lowest BCUT2D eigenvalue weighted by atomic mass is 9.33. The summed E-state index contributed by atoms with van der Waals surface area (Å²) in [6.07, 6.45) is 0. The topological polar surface area (TPSA) is 15.8 Å². The van der Waals surface area contributed by atoms with Gasteiger partial charge in [0.25, 0.3) is 6.71 Å². The Hall–Kier alpha value is -10.9. The van der Waals surface area contributed by atoms with Crippen LogP contribution in [-0.4, -0.2) is 15.7 Å². The highest BCUT2D eigenvalue weighted by atomic mass is 15.2. The molecular formula is C90H73BN4. The van der Waals surface area contributed by atoms with E-state index >= 15 is 0 Å². The van der Waals surface area contributed by atoms with Gasteiger partial charge < -0.3 is 18.8 Å². The van der Waals surface area contributed by atoms with E-state index in [1.807, 2.05) is 0 Å². The van der Waals surface area contributed by atoms with Gasteiger partial charge in [-0.15, -0.1) is 0 Å². The van der Waals surface area contributed by atoms with Crippen LogP contribution in [0.1, 0.15) is 79.0 Å². The van der Waals surface area contributed by atoms with Crippen molar-refractivity contribution in [2.75, 3.05) is 9.80 Å². The zero-order chi connectivity index (χ0) is 64.4. The zero-order valence-electron chi connectivity index (χ0n) is 55.4. The molecule has 0 bridgehead atoms. The summed E-state index contributed by atoms with van der Waals surface area (Å²) in [7, 11) is 0. The minimum atomic E-state index is -0.264. The van der Waals surface area contributed by atoms with Crippen LogP contribution in [0, 0.1) is 0 Å². The fraction of sp³-hybridized carbons (Fsp3) is 0.133. The summed E-state index contributed by atoms with van der Waals surface area (Å²) in [6, 6.07) is 107. The maximum absolute atomic E-state index is 2.67. The van der Waals surface area contributed by atoms with Crippen LogP contribution >= 0.6 is 0 Å². The van der Waals surface area contributed by atoms with E-state index in [-0.39, 0.29) is 23.0 Å². The van der Waals surface area contributed by atoms with Crippen LogP contribution in [0.25, 0.3) is 109 Å². The number of aromatic nitrogens is 2. The van der Waals surface area contributed by atoms with Gasteiger partial charge in [-0.3, -0.25) is 0 Å². The molecule has 0 unspecified atom stereocenters. The van der Waals surface area contributed by atoms with Gasteiger partial charge in [0.1, 0.15) is 0 Å². The van der Waals surface area contributed by atoms with Crippen molar-refractivity contribution in [3.05, 3.63) is 296 Å². The highest BCUT2D eigenvalue weighted by Gasteiger charge is 2.46. The second-order valence-corrected chi connectivity index (χ2v) is 29.7. The van der Waals surface area contributed by atoms with Gasteiger partial charge in [-0.05, 0) is 143 Å². The minimum Gasteiger partial charge on any atom is -0.311 e. The average Bonchev–Trinajstić information content (AvgIpc) is 1.26. The van der Waals surface area contributed by atoms with Crippen molar-refractivity contribution in [2.45, 2.75) is 78.6 Å². The number of benzene rings is 13. The van der Waals surface area contributed by atoms with Crippen LogP contribution in [0.15, 0.2) is 279 Å². The summed E-state index contributed by atoms with van der Waals surface area (Å²) in [5.74, 6) is 0. The molecule has 5 heteroatoms. The zero-order valence-corrected chi connectivity index (χ0v) is 55.4. The molecule has 2 aliphatic rings. The number of hydrogen-bond acceptors (Lipinski definition) is 2. The van der Waals surface area contributed by atoms with Crippen molar-refractivity contribution in [2.24, 2.45) is 0 Å². The van der Waals surface area contributed by atoms with Crippen molar-refractivity contribution in [3.63, 3.8) is 0 Å². The van der Waals surface area contributed by atoms with Gasteiger partial charge in [0, 0.05) is 71.9 Å². The molecule has 18 rings (SSSR count). The maximum atomic E-state index is 2.67. The molecule has 0 atom stereocenters.